The molecule has 0 heterocycles. The van der Waals surface area contributed by atoms with Crippen molar-refractivity contribution in [3.8, 4) is 0 Å². The molecule has 0 aliphatic heterocycles. The molecule has 0 spiro atoms. The molecule has 6 nitrogen and oxygen atoms in total. The summed E-state index contributed by atoms with van der Waals surface area (Å²) in [5.41, 5.74) is 9.68. The summed E-state index contributed by atoms with van der Waals surface area (Å²) in [5, 5.41) is 0. The standard InChI is InChI=1S/2C26H55N.H2O4S/c2*1-5-25(27)23-21-19-17-15-13-11-9-10-12-14-16-18-20-22-24-26(6-2,7-3)8-4;1-5(2,3)4/h2*25H,5-24,27H2,1-4H3;(H2,1,2,3,4). The van der Waals surface area contributed by atoms with E-state index in [4.69, 9.17) is 17.5 Å². The van der Waals surface area contributed by atoms with Crippen LogP contribution in [0.3, 0.4) is 0 Å². The number of hydrogen-bond donors (Lipinski definition) is 2. The van der Waals surface area contributed by atoms with Gasteiger partial charge in [0.2, 0.25) is 0 Å². The molecule has 0 radical (unpaired) electrons. The smallest absolute Gasteiger partial charge is 0.0840 e. The van der Waals surface area contributed by atoms with Crippen LogP contribution in [0.15, 0.2) is 0 Å². The number of unbranched alkanes of at least 4 members (excludes halogenated alkanes) is 26. The Labute approximate surface area is 373 Å². The summed E-state index contributed by atoms with van der Waals surface area (Å²) in [6.45, 7) is 18.8. The Bertz CT molecular complexity index is 824. The Morgan fingerprint density at radius 1 is 0.339 bits per heavy atom. The Morgan fingerprint density at radius 3 is 0.644 bits per heavy atom. The maximum Gasteiger partial charge on any atom is 0.0840 e. The normalized spacial score (nSPS) is 13.1. The highest BCUT2D eigenvalue weighted by Crippen LogP contribution is 2.37. The van der Waals surface area contributed by atoms with Gasteiger partial charge in [-0.3, -0.25) is 8.42 Å². The van der Waals surface area contributed by atoms with E-state index in [-0.39, 0.29) is 0 Å². The molecule has 6 N–H and O–H groups in total. The van der Waals surface area contributed by atoms with Crippen LogP contribution in [0.25, 0.3) is 0 Å². The summed E-state index contributed by atoms with van der Waals surface area (Å²) in [5.74, 6) is 0. The van der Waals surface area contributed by atoms with Gasteiger partial charge in [0, 0.05) is 10.4 Å². The first-order chi connectivity index (χ1) is 28.3. The van der Waals surface area contributed by atoms with E-state index in [2.05, 4.69) is 66.9 Å². The Balaban J connectivity index is -0.000000951. The van der Waals surface area contributed by atoms with Gasteiger partial charge in [-0.15, -0.1) is 0 Å². The van der Waals surface area contributed by atoms with Gasteiger partial charge in [0.05, 0.1) is 12.1 Å². The molecule has 0 aliphatic carbocycles. The highest BCUT2D eigenvalue weighted by Gasteiger charge is 2.23. The van der Waals surface area contributed by atoms with Gasteiger partial charge >= 0.3 is 0 Å². The molecule has 0 amide bonds. The summed E-state index contributed by atoms with van der Waals surface area (Å²) in [7, 11) is -5.17. The average molecular weight is 862 g/mol. The molecule has 2 unspecified atom stereocenters. The van der Waals surface area contributed by atoms with E-state index < -0.39 is 10.4 Å². The van der Waals surface area contributed by atoms with Crippen LogP contribution in [0.1, 0.15) is 312 Å². The van der Waals surface area contributed by atoms with Crippen LogP contribution in [0, 0.1) is 10.8 Å². The van der Waals surface area contributed by atoms with Crippen molar-refractivity contribution in [3.63, 3.8) is 0 Å². The van der Waals surface area contributed by atoms with Gasteiger partial charge in [-0.1, -0.05) is 261 Å². The fourth-order valence-electron chi connectivity index (χ4n) is 9.08. The third-order valence-electron chi connectivity index (χ3n) is 14.8. The minimum Gasteiger partial charge on any atom is -0.759 e. The predicted octanol–water partition coefficient (Wildman–Crippen LogP) is 15.6. The maximum atomic E-state index is 8.52. The molecule has 0 fully saturated rings. The molecule has 0 saturated carbocycles. The first-order valence-electron chi connectivity index (χ1n) is 26.6. The quantitative estimate of drug-likeness (QED) is 0.0359. The average Bonchev–Trinajstić information content (AvgIpc) is 3.23. The topological polar surface area (TPSA) is 136 Å². The van der Waals surface area contributed by atoms with Crippen molar-refractivity contribution in [2.24, 2.45) is 10.8 Å². The van der Waals surface area contributed by atoms with E-state index in [1.54, 1.807) is 0 Å². The number of rotatable bonds is 42. The SMILES string of the molecule is CCC([NH3+])CCCCCCCCCCCCCCCCC(CC)(CC)CC.CCC([NH3+])CCCCCCCCCCCCCCCCC(CC)(CC)CC.O=S(=O)([O-])[O-]. The van der Waals surface area contributed by atoms with Gasteiger partial charge in [0.1, 0.15) is 0 Å². The molecule has 7 heteroatoms. The van der Waals surface area contributed by atoms with Crippen LogP contribution in [0.4, 0.5) is 0 Å². The van der Waals surface area contributed by atoms with Gasteiger partial charge in [-0.05, 0) is 62.2 Å². The molecule has 360 valence electrons. The van der Waals surface area contributed by atoms with E-state index >= 15 is 0 Å². The Kier molecular flexibility index (Phi) is 49.0. The zero-order chi connectivity index (χ0) is 44.9. The van der Waals surface area contributed by atoms with Crippen molar-refractivity contribution in [3.05, 3.63) is 0 Å². The largest absolute Gasteiger partial charge is 0.759 e. The van der Waals surface area contributed by atoms with Crippen LogP contribution in [0.2, 0.25) is 0 Å². The highest BCUT2D eigenvalue weighted by molar-refractivity contribution is 7.79. The first-order valence-corrected chi connectivity index (χ1v) is 27.9. The van der Waals surface area contributed by atoms with Crippen LogP contribution >= 0.6 is 0 Å². The van der Waals surface area contributed by atoms with Gasteiger partial charge < -0.3 is 20.6 Å². The van der Waals surface area contributed by atoms with Gasteiger partial charge in [0.15, 0.2) is 0 Å². The van der Waals surface area contributed by atoms with Gasteiger partial charge in [-0.2, -0.15) is 0 Å². The van der Waals surface area contributed by atoms with Crippen LogP contribution in [0.5, 0.6) is 0 Å². The lowest BCUT2D eigenvalue weighted by molar-refractivity contribution is -0.422. The van der Waals surface area contributed by atoms with E-state index in [1.165, 1.54) is 257 Å². The minimum atomic E-state index is -5.17. The van der Waals surface area contributed by atoms with Crippen molar-refractivity contribution in [2.75, 3.05) is 0 Å². The lowest BCUT2D eigenvalue weighted by Crippen LogP contribution is -2.60. The van der Waals surface area contributed by atoms with Crippen LogP contribution < -0.4 is 11.5 Å². The second kappa shape index (κ2) is 45.8. The Morgan fingerprint density at radius 2 is 0.492 bits per heavy atom. The molecule has 0 bridgehead atoms. The van der Waals surface area contributed by atoms with E-state index in [0.29, 0.717) is 22.9 Å². The summed E-state index contributed by atoms with van der Waals surface area (Å²) >= 11 is 0. The van der Waals surface area contributed by atoms with Crippen LogP contribution in [-0.4, -0.2) is 29.6 Å². The summed E-state index contributed by atoms with van der Waals surface area (Å²) in [6.07, 6.45) is 57.3. The highest BCUT2D eigenvalue weighted by atomic mass is 32.3. The molecule has 2 atom stereocenters. The molecule has 0 aromatic rings. The van der Waals surface area contributed by atoms with Crippen molar-refractivity contribution in [1.29, 1.82) is 0 Å². The maximum absolute atomic E-state index is 8.52. The zero-order valence-corrected chi connectivity index (χ0v) is 42.7. The van der Waals surface area contributed by atoms with Crippen molar-refractivity contribution in [2.45, 2.75) is 324 Å². The molecule has 0 rings (SSSR count). The lowest BCUT2D eigenvalue weighted by atomic mass is 9.75. The van der Waals surface area contributed by atoms with Crippen LogP contribution in [-0.2, 0) is 10.4 Å². The van der Waals surface area contributed by atoms with Gasteiger partial charge in [-0.25, -0.2) is 0 Å². The predicted molar refractivity (Wildman–Crippen MR) is 259 cm³/mol. The molecule has 0 saturated heterocycles. The van der Waals surface area contributed by atoms with Crippen molar-refractivity contribution >= 4 is 10.4 Å². The third-order valence-corrected chi connectivity index (χ3v) is 14.8. The van der Waals surface area contributed by atoms with Gasteiger partial charge in [0.25, 0.3) is 0 Å². The molecule has 0 aromatic carbocycles. The summed E-state index contributed by atoms with van der Waals surface area (Å²) in [6, 6.07) is 1.39. The summed E-state index contributed by atoms with van der Waals surface area (Å²) < 4.78 is 34.1. The fourth-order valence-corrected chi connectivity index (χ4v) is 9.08. The fraction of sp³-hybridized carbons (Fsp3) is 1.00. The van der Waals surface area contributed by atoms with Crippen molar-refractivity contribution in [1.82, 2.24) is 0 Å². The van der Waals surface area contributed by atoms with E-state index in [9.17, 15) is 0 Å². The lowest BCUT2D eigenvalue weighted by Gasteiger charge is -2.30. The van der Waals surface area contributed by atoms with E-state index in [0.717, 1.165) is 0 Å². The van der Waals surface area contributed by atoms with E-state index in [1.807, 2.05) is 0 Å². The Hall–Kier alpha value is -0.210. The molecular weight excluding hydrogens is 749 g/mol. The molecule has 0 aromatic heterocycles. The minimum absolute atomic E-state index is 0.658. The summed E-state index contributed by atoms with van der Waals surface area (Å²) in [4.78, 5) is 0. The second-order valence-electron chi connectivity index (χ2n) is 19.1. The number of quaternary nitrogens is 2. The second-order valence-corrected chi connectivity index (χ2v) is 19.9. The molecule has 59 heavy (non-hydrogen) atoms. The molecule has 0 aliphatic rings. The number of hydrogen-bond acceptors (Lipinski definition) is 4. The monoisotopic (exact) mass is 861 g/mol. The first kappa shape index (κ1) is 63.1. The zero-order valence-electron chi connectivity index (χ0n) is 41.9. The third kappa shape index (κ3) is 47.1. The molecular formula is C52H112N2O4S. The van der Waals surface area contributed by atoms with Crippen molar-refractivity contribution < 1.29 is 29.0 Å².